The minimum atomic E-state index is 0.0104. The van der Waals surface area contributed by atoms with E-state index >= 15 is 0 Å². The van der Waals surface area contributed by atoms with Gasteiger partial charge < -0.3 is 5.11 Å². The van der Waals surface area contributed by atoms with Crippen molar-refractivity contribution >= 4 is 0 Å². The van der Waals surface area contributed by atoms with Crippen molar-refractivity contribution < 1.29 is 5.11 Å². The van der Waals surface area contributed by atoms with Crippen LogP contribution in [0.15, 0.2) is 0 Å². The Labute approximate surface area is 107 Å². The van der Waals surface area contributed by atoms with Gasteiger partial charge in [-0.15, -0.1) is 0 Å². The van der Waals surface area contributed by atoms with E-state index in [2.05, 4.69) is 0 Å². The van der Waals surface area contributed by atoms with Crippen LogP contribution in [0.1, 0.15) is 83.5 Å². The number of aliphatic hydroxyl groups is 1. The fourth-order valence-corrected chi connectivity index (χ4v) is 3.83. The van der Waals surface area contributed by atoms with E-state index in [0.29, 0.717) is 5.92 Å². The Bertz CT molecular complexity index is 188. The average Bonchev–Trinajstić information content (AvgIpc) is 2.29. The zero-order chi connectivity index (χ0) is 11.9. The molecular formula is C16H30O. The molecule has 0 aliphatic heterocycles. The normalized spacial score (nSPS) is 27.4. The molecule has 0 saturated heterocycles. The lowest BCUT2D eigenvalue weighted by molar-refractivity contribution is 0.0613. The van der Waals surface area contributed by atoms with Crippen LogP contribution in [0, 0.1) is 11.8 Å². The van der Waals surface area contributed by atoms with Crippen molar-refractivity contribution in [2.75, 3.05) is 0 Å². The molecule has 0 aromatic carbocycles. The van der Waals surface area contributed by atoms with Crippen LogP contribution in [0.25, 0.3) is 0 Å². The second-order valence-corrected chi connectivity index (χ2v) is 6.41. The molecule has 17 heavy (non-hydrogen) atoms. The molecule has 2 aliphatic carbocycles. The Morgan fingerprint density at radius 2 is 1.18 bits per heavy atom. The van der Waals surface area contributed by atoms with Gasteiger partial charge >= 0.3 is 0 Å². The molecule has 0 aromatic heterocycles. The summed E-state index contributed by atoms with van der Waals surface area (Å²) in [6.45, 7) is 0. The van der Waals surface area contributed by atoms with Crippen LogP contribution in [-0.4, -0.2) is 11.2 Å². The first-order chi connectivity index (χ1) is 8.36. The maximum atomic E-state index is 10.4. The van der Waals surface area contributed by atoms with Gasteiger partial charge in [0, 0.05) is 0 Å². The van der Waals surface area contributed by atoms with E-state index in [1.165, 1.54) is 77.0 Å². The second kappa shape index (κ2) is 7.41. The van der Waals surface area contributed by atoms with E-state index in [9.17, 15) is 5.11 Å². The summed E-state index contributed by atoms with van der Waals surface area (Å²) in [4.78, 5) is 0. The fraction of sp³-hybridized carbons (Fsp3) is 1.00. The van der Waals surface area contributed by atoms with Crippen LogP contribution in [0.3, 0.4) is 0 Å². The largest absolute Gasteiger partial charge is 0.393 e. The number of aliphatic hydroxyl groups excluding tert-OH is 1. The van der Waals surface area contributed by atoms with E-state index in [4.69, 9.17) is 0 Å². The number of rotatable bonds is 3. The van der Waals surface area contributed by atoms with Gasteiger partial charge in [-0.2, -0.15) is 0 Å². The molecular weight excluding hydrogens is 208 g/mol. The highest BCUT2D eigenvalue weighted by molar-refractivity contribution is 4.76. The highest BCUT2D eigenvalue weighted by atomic mass is 16.3. The smallest absolute Gasteiger partial charge is 0.0571 e. The van der Waals surface area contributed by atoms with Gasteiger partial charge in [0.15, 0.2) is 0 Å². The van der Waals surface area contributed by atoms with E-state index in [0.717, 1.165) is 12.3 Å². The molecule has 100 valence electrons. The molecule has 2 fully saturated rings. The predicted octanol–water partition coefficient (Wildman–Crippen LogP) is 4.68. The van der Waals surface area contributed by atoms with Crippen molar-refractivity contribution in [1.82, 2.24) is 0 Å². The van der Waals surface area contributed by atoms with Crippen molar-refractivity contribution in [2.24, 2.45) is 11.8 Å². The summed E-state index contributed by atoms with van der Waals surface area (Å²) < 4.78 is 0. The fourth-order valence-electron chi connectivity index (χ4n) is 3.83. The first-order valence-electron chi connectivity index (χ1n) is 8.04. The Hall–Kier alpha value is -0.0400. The molecule has 1 nitrogen and oxygen atoms in total. The van der Waals surface area contributed by atoms with Gasteiger partial charge in [0.05, 0.1) is 6.10 Å². The maximum absolute atomic E-state index is 10.4. The van der Waals surface area contributed by atoms with E-state index < -0.39 is 0 Å². The number of hydrogen-bond donors (Lipinski definition) is 1. The molecule has 2 aliphatic rings. The summed E-state index contributed by atoms with van der Waals surface area (Å²) in [7, 11) is 0. The molecule has 0 radical (unpaired) electrons. The first kappa shape index (κ1) is 13.4. The lowest BCUT2D eigenvalue weighted by Gasteiger charge is -2.29. The van der Waals surface area contributed by atoms with Crippen LogP contribution in [0.5, 0.6) is 0 Å². The zero-order valence-electron chi connectivity index (χ0n) is 11.4. The molecule has 1 heteroatoms. The molecule has 0 amide bonds. The van der Waals surface area contributed by atoms with Gasteiger partial charge in [-0.3, -0.25) is 0 Å². The van der Waals surface area contributed by atoms with E-state index in [-0.39, 0.29) is 6.10 Å². The summed E-state index contributed by atoms with van der Waals surface area (Å²) in [6.07, 6.45) is 17.6. The molecule has 2 saturated carbocycles. The summed E-state index contributed by atoms with van der Waals surface area (Å²) in [5.74, 6) is 1.46. The van der Waals surface area contributed by atoms with Crippen LogP contribution in [0.2, 0.25) is 0 Å². The van der Waals surface area contributed by atoms with Gasteiger partial charge in [-0.1, -0.05) is 64.2 Å². The Kier molecular flexibility index (Phi) is 5.84. The standard InChI is InChI=1S/C16H30O/c17-16(13-14-9-5-4-6-10-14)15-11-7-2-1-3-8-12-15/h14-17H,1-13H2. The SMILES string of the molecule is OC(CC1CCCCC1)C1CCCCCCC1. The Balaban J connectivity index is 1.74. The highest BCUT2D eigenvalue weighted by Gasteiger charge is 2.24. The van der Waals surface area contributed by atoms with Crippen LogP contribution < -0.4 is 0 Å². The van der Waals surface area contributed by atoms with Crippen LogP contribution in [-0.2, 0) is 0 Å². The third-order valence-corrected chi connectivity index (χ3v) is 4.99. The molecule has 1 N–H and O–H groups in total. The van der Waals surface area contributed by atoms with Gasteiger partial charge in [-0.05, 0) is 31.1 Å². The first-order valence-corrected chi connectivity index (χ1v) is 8.04. The van der Waals surface area contributed by atoms with Gasteiger partial charge in [-0.25, -0.2) is 0 Å². The number of hydrogen-bond acceptors (Lipinski definition) is 1. The van der Waals surface area contributed by atoms with Crippen molar-refractivity contribution in [3.63, 3.8) is 0 Å². The predicted molar refractivity (Wildman–Crippen MR) is 73.0 cm³/mol. The lowest BCUT2D eigenvalue weighted by atomic mass is 9.79. The molecule has 0 heterocycles. The van der Waals surface area contributed by atoms with Crippen molar-refractivity contribution in [3.05, 3.63) is 0 Å². The molecule has 0 bridgehead atoms. The monoisotopic (exact) mass is 238 g/mol. The Morgan fingerprint density at radius 1 is 0.706 bits per heavy atom. The van der Waals surface area contributed by atoms with Crippen molar-refractivity contribution in [1.29, 1.82) is 0 Å². The average molecular weight is 238 g/mol. The minimum Gasteiger partial charge on any atom is -0.393 e. The topological polar surface area (TPSA) is 20.2 Å². The highest BCUT2D eigenvalue weighted by Crippen LogP contribution is 2.32. The molecule has 0 aromatic rings. The van der Waals surface area contributed by atoms with Gasteiger partial charge in [0.2, 0.25) is 0 Å². The molecule has 1 unspecified atom stereocenters. The summed E-state index contributed by atoms with van der Waals surface area (Å²) >= 11 is 0. The lowest BCUT2D eigenvalue weighted by Crippen LogP contribution is -2.25. The van der Waals surface area contributed by atoms with Crippen molar-refractivity contribution in [2.45, 2.75) is 89.6 Å². The Morgan fingerprint density at radius 3 is 1.82 bits per heavy atom. The quantitative estimate of drug-likeness (QED) is 0.757. The minimum absolute atomic E-state index is 0.0104. The third kappa shape index (κ3) is 4.62. The van der Waals surface area contributed by atoms with Gasteiger partial charge in [0.25, 0.3) is 0 Å². The second-order valence-electron chi connectivity index (χ2n) is 6.41. The van der Waals surface area contributed by atoms with Crippen LogP contribution >= 0.6 is 0 Å². The molecule has 2 rings (SSSR count). The summed E-state index contributed by atoms with van der Waals surface area (Å²) in [6, 6.07) is 0. The van der Waals surface area contributed by atoms with Crippen molar-refractivity contribution in [3.8, 4) is 0 Å². The third-order valence-electron chi connectivity index (χ3n) is 4.99. The van der Waals surface area contributed by atoms with E-state index in [1.54, 1.807) is 0 Å². The molecule has 0 spiro atoms. The summed E-state index contributed by atoms with van der Waals surface area (Å²) in [5, 5.41) is 10.4. The molecule has 1 atom stereocenters. The van der Waals surface area contributed by atoms with Gasteiger partial charge in [0.1, 0.15) is 0 Å². The zero-order valence-corrected chi connectivity index (χ0v) is 11.4. The summed E-state index contributed by atoms with van der Waals surface area (Å²) in [5.41, 5.74) is 0. The maximum Gasteiger partial charge on any atom is 0.0571 e. The van der Waals surface area contributed by atoms with Crippen LogP contribution in [0.4, 0.5) is 0 Å². The van der Waals surface area contributed by atoms with E-state index in [1.807, 2.05) is 0 Å².